The van der Waals surface area contributed by atoms with E-state index in [2.05, 4.69) is 19.9 Å². The topological polar surface area (TPSA) is 112 Å². The average molecular weight is 461 g/mol. The summed E-state index contributed by atoms with van der Waals surface area (Å²) in [6.45, 7) is 3.14. The second-order valence-corrected chi connectivity index (χ2v) is 8.62. The fourth-order valence-corrected chi connectivity index (χ4v) is 4.65. The summed E-state index contributed by atoms with van der Waals surface area (Å²) in [6.07, 6.45) is 6.57. The number of hydrogen-bond donors (Lipinski definition) is 1. The van der Waals surface area contributed by atoms with Gasteiger partial charge in [0.25, 0.3) is 17.6 Å². The lowest BCUT2D eigenvalue weighted by molar-refractivity contribution is -0.127. The van der Waals surface area contributed by atoms with Crippen LogP contribution < -0.4 is 0 Å². The number of carbonyl (C=O) groups excluding carboxylic acids is 3. The number of aromatic nitrogens is 4. The molecule has 0 radical (unpaired) electrons. The molecule has 5 heterocycles. The number of piperazine rings is 1. The number of Topliss-reactive ketones (excluding diaryl/α,β-unsaturated/α-hetero) is 1. The predicted octanol–water partition coefficient (Wildman–Crippen LogP) is 2.56. The van der Waals surface area contributed by atoms with Gasteiger partial charge in [-0.1, -0.05) is 6.07 Å². The first-order valence-corrected chi connectivity index (χ1v) is 11.3. The zero-order chi connectivity index (χ0) is 22.9. The summed E-state index contributed by atoms with van der Waals surface area (Å²) in [6, 6.07) is 5.18. The van der Waals surface area contributed by atoms with Crippen molar-refractivity contribution < 1.29 is 14.4 Å². The van der Waals surface area contributed by atoms with E-state index < -0.39 is 11.7 Å². The summed E-state index contributed by atoms with van der Waals surface area (Å²) in [7, 11) is 0. The highest BCUT2D eigenvalue weighted by molar-refractivity contribution is 7.13. The minimum absolute atomic E-state index is 0.177. The van der Waals surface area contributed by atoms with E-state index in [0.717, 1.165) is 10.4 Å². The van der Waals surface area contributed by atoms with Crippen molar-refractivity contribution in [2.75, 3.05) is 26.2 Å². The number of rotatable bonds is 4. The normalized spacial score (nSPS) is 14.0. The largest absolute Gasteiger partial charge is 0.359 e. The van der Waals surface area contributed by atoms with Crippen LogP contribution in [0.2, 0.25) is 0 Å². The van der Waals surface area contributed by atoms with Gasteiger partial charge in [0.1, 0.15) is 11.4 Å². The molecular weight excluding hydrogens is 440 g/mol. The highest BCUT2D eigenvalue weighted by atomic mass is 32.1. The second kappa shape index (κ2) is 8.55. The SMILES string of the molecule is Cc1cnc(-c2cncs2)c2[nH]cc(C(=O)C(=O)N3CCN(C(=O)c4ccccn4)CC3)c12. The Balaban J connectivity index is 1.34. The molecule has 4 aromatic heterocycles. The Morgan fingerprint density at radius 2 is 1.82 bits per heavy atom. The van der Waals surface area contributed by atoms with E-state index in [1.165, 1.54) is 16.2 Å². The maximum absolute atomic E-state index is 13.2. The molecule has 1 N–H and O–H groups in total. The molecule has 0 saturated carbocycles. The van der Waals surface area contributed by atoms with Gasteiger partial charge < -0.3 is 14.8 Å². The van der Waals surface area contributed by atoms with E-state index in [-0.39, 0.29) is 19.0 Å². The summed E-state index contributed by atoms with van der Waals surface area (Å²) < 4.78 is 0. The van der Waals surface area contributed by atoms with Crippen LogP contribution in [-0.2, 0) is 4.79 Å². The van der Waals surface area contributed by atoms with Crippen LogP contribution in [0.5, 0.6) is 0 Å². The maximum atomic E-state index is 13.2. The Morgan fingerprint density at radius 1 is 1.03 bits per heavy atom. The van der Waals surface area contributed by atoms with E-state index in [1.54, 1.807) is 53.4 Å². The molecule has 5 rings (SSSR count). The summed E-state index contributed by atoms with van der Waals surface area (Å²) in [5.41, 5.74) is 4.63. The number of pyridine rings is 2. The van der Waals surface area contributed by atoms with Crippen molar-refractivity contribution in [2.24, 2.45) is 0 Å². The lowest BCUT2D eigenvalue weighted by Gasteiger charge is -2.34. The standard InChI is InChI=1S/C23H20N6O3S/c1-14-10-26-19(17-12-24-13-33-17)20-18(14)15(11-27-20)21(30)23(32)29-8-6-28(7-9-29)22(31)16-4-2-3-5-25-16/h2-5,10-13,27H,6-9H2,1H3. The summed E-state index contributed by atoms with van der Waals surface area (Å²) in [4.78, 5) is 58.7. The number of aryl methyl sites for hydroxylation is 1. The molecule has 1 fully saturated rings. The van der Waals surface area contributed by atoms with Crippen molar-refractivity contribution in [3.8, 4) is 10.6 Å². The summed E-state index contributed by atoms with van der Waals surface area (Å²) in [5, 5.41) is 0.690. The third kappa shape index (κ3) is 3.78. The molecule has 0 spiro atoms. The van der Waals surface area contributed by atoms with Crippen LogP contribution in [0.25, 0.3) is 21.5 Å². The fourth-order valence-electron chi connectivity index (χ4n) is 4.03. The molecule has 166 valence electrons. The number of ketones is 1. The van der Waals surface area contributed by atoms with Crippen molar-refractivity contribution in [3.05, 3.63) is 65.3 Å². The molecule has 4 aromatic rings. The van der Waals surface area contributed by atoms with Crippen LogP contribution in [0.3, 0.4) is 0 Å². The van der Waals surface area contributed by atoms with Gasteiger partial charge in [-0.05, 0) is 24.6 Å². The Labute approximate surface area is 193 Å². The van der Waals surface area contributed by atoms with E-state index >= 15 is 0 Å². The first-order valence-electron chi connectivity index (χ1n) is 10.4. The first-order chi connectivity index (χ1) is 16.0. The molecule has 10 heteroatoms. The number of aromatic amines is 1. The van der Waals surface area contributed by atoms with Gasteiger partial charge in [-0.15, -0.1) is 11.3 Å². The van der Waals surface area contributed by atoms with Crippen LogP contribution in [0.4, 0.5) is 0 Å². The van der Waals surface area contributed by atoms with Crippen LogP contribution in [-0.4, -0.2) is 73.5 Å². The summed E-state index contributed by atoms with van der Waals surface area (Å²) >= 11 is 1.45. The van der Waals surface area contributed by atoms with Crippen LogP contribution in [0.15, 0.2) is 48.5 Å². The number of H-pyrrole nitrogens is 1. The van der Waals surface area contributed by atoms with Crippen molar-refractivity contribution >= 4 is 39.8 Å². The van der Waals surface area contributed by atoms with Gasteiger partial charge in [0.05, 0.1) is 21.5 Å². The van der Waals surface area contributed by atoms with Crippen LogP contribution in [0, 0.1) is 6.92 Å². The number of hydrogen-bond acceptors (Lipinski definition) is 7. The Kier molecular flexibility index (Phi) is 5.43. The minimum Gasteiger partial charge on any atom is -0.359 e. The molecule has 0 aliphatic carbocycles. The van der Waals surface area contributed by atoms with Gasteiger partial charge in [0.15, 0.2) is 0 Å². The molecule has 2 amide bonds. The highest BCUT2D eigenvalue weighted by Gasteiger charge is 2.31. The first kappa shape index (κ1) is 21.0. The van der Waals surface area contributed by atoms with Gasteiger partial charge in [-0.2, -0.15) is 0 Å². The third-order valence-corrected chi connectivity index (χ3v) is 6.52. The number of nitrogens with one attached hydrogen (secondary N) is 1. The van der Waals surface area contributed by atoms with Crippen LogP contribution >= 0.6 is 11.3 Å². The van der Waals surface area contributed by atoms with Gasteiger partial charge in [0, 0.05) is 56.4 Å². The Hall–Kier alpha value is -3.92. The second-order valence-electron chi connectivity index (χ2n) is 7.74. The lowest BCUT2D eigenvalue weighted by atomic mass is 10.0. The van der Waals surface area contributed by atoms with Crippen molar-refractivity contribution in [1.29, 1.82) is 0 Å². The number of fused-ring (bicyclic) bond motifs is 1. The monoisotopic (exact) mass is 460 g/mol. The zero-order valence-electron chi connectivity index (χ0n) is 17.8. The van der Waals surface area contributed by atoms with E-state index in [9.17, 15) is 14.4 Å². The number of nitrogens with zero attached hydrogens (tertiary/aromatic N) is 5. The minimum atomic E-state index is -0.574. The molecule has 1 aliphatic heterocycles. The average Bonchev–Trinajstić information content (AvgIpc) is 3.55. The number of carbonyl (C=O) groups is 3. The quantitative estimate of drug-likeness (QED) is 0.370. The molecule has 9 nitrogen and oxygen atoms in total. The Morgan fingerprint density at radius 3 is 2.52 bits per heavy atom. The van der Waals surface area contributed by atoms with Gasteiger partial charge in [-0.25, -0.2) is 0 Å². The van der Waals surface area contributed by atoms with E-state index in [0.29, 0.717) is 40.9 Å². The van der Waals surface area contributed by atoms with Crippen molar-refractivity contribution in [1.82, 2.24) is 29.7 Å². The van der Waals surface area contributed by atoms with Crippen LogP contribution in [0.1, 0.15) is 26.4 Å². The number of amides is 2. The van der Waals surface area contributed by atoms with E-state index in [4.69, 9.17) is 0 Å². The van der Waals surface area contributed by atoms with Gasteiger partial charge >= 0.3 is 0 Å². The molecule has 0 aromatic carbocycles. The summed E-state index contributed by atoms with van der Waals surface area (Å²) in [5.74, 6) is -1.32. The van der Waals surface area contributed by atoms with Gasteiger partial charge in [0.2, 0.25) is 0 Å². The molecule has 33 heavy (non-hydrogen) atoms. The molecule has 1 aliphatic rings. The fraction of sp³-hybridized carbons (Fsp3) is 0.217. The molecule has 0 atom stereocenters. The van der Waals surface area contributed by atoms with E-state index in [1.807, 2.05) is 6.92 Å². The predicted molar refractivity (Wildman–Crippen MR) is 123 cm³/mol. The van der Waals surface area contributed by atoms with Gasteiger partial charge in [-0.3, -0.25) is 29.3 Å². The third-order valence-electron chi connectivity index (χ3n) is 5.74. The Bertz CT molecular complexity index is 1340. The zero-order valence-corrected chi connectivity index (χ0v) is 18.6. The molecular formula is C23H20N6O3S. The lowest BCUT2D eigenvalue weighted by Crippen LogP contribution is -2.52. The molecule has 1 saturated heterocycles. The molecule has 0 bridgehead atoms. The van der Waals surface area contributed by atoms with Crippen molar-refractivity contribution in [3.63, 3.8) is 0 Å². The highest BCUT2D eigenvalue weighted by Crippen LogP contribution is 2.32. The molecule has 0 unspecified atom stereocenters. The smallest absolute Gasteiger partial charge is 0.295 e. The maximum Gasteiger partial charge on any atom is 0.295 e. The number of thiazole rings is 1. The van der Waals surface area contributed by atoms with Crippen molar-refractivity contribution in [2.45, 2.75) is 6.92 Å².